The van der Waals surface area contributed by atoms with Crippen molar-refractivity contribution in [2.75, 3.05) is 12.0 Å². The maximum absolute atomic E-state index is 12.6. The van der Waals surface area contributed by atoms with Crippen molar-refractivity contribution < 1.29 is 22.4 Å². The minimum atomic E-state index is -4.28. The first kappa shape index (κ1) is 14.2. The van der Waals surface area contributed by atoms with Gasteiger partial charge in [0.15, 0.2) is 0 Å². The summed E-state index contributed by atoms with van der Waals surface area (Å²) in [4.78, 5) is 15.0. The number of carbonyl (C=O) groups excluding carboxylic acids is 1. The van der Waals surface area contributed by atoms with Crippen LogP contribution in [0.5, 0.6) is 0 Å². The average Bonchev–Trinajstić information content (AvgIpc) is 2.36. The number of amides is 1. The molecule has 0 fully saturated rings. The lowest BCUT2D eigenvalue weighted by atomic mass is 10.3. The van der Waals surface area contributed by atoms with Gasteiger partial charge in [0.25, 0.3) is 5.91 Å². The lowest BCUT2D eigenvalue weighted by Gasteiger charge is -2.15. The first-order chi connectivity index (χ1) is 8.36. The summed E-state index contributed by atoms with van der Waals surface area (Å²) >= 11 is 0. The van der Waals surface area contributed by atoms with Crippen molar-refractivity contribution in [1.29, 1.82) is 0 Å². The molecule has 0 atom stereocenters. The largest absolute Gasteiger partial charge is 0.344 e. The normalized spacial score (nSPS) is 11.4. The zero-order valence-electron chi connectivity index (χ0n) is 8.96. The van der Waals surface area contributed by atoms with Crippen molar-refractivity contribution in [3.8, 4) is 0 Å². The van der Waals surface area contributed by atoms with Gasteiger partial charge in [-0.15, -0.1) is 0 Å². The third kappa shape index (κ3) is 3.55. The molecule has 0 radical (unpaired) electrons. The van der Waals surface area contributed by atoms with Gasteiger partial charge in [-0.2, -0.15) is 8.78 Å². The molecule has 1 amide bonds. The van der Waals surface area contributed by atoms with E-state index in [1.807, 2.05) is 0 Å². The first-order valence-electron chi connectivity index (χ1n) is 4.74. The zero-order valence-corrected chi connectivity index (χ0v) is 8.96. The Balaban J connectivity index is 2.66. The Morgan fingerprint density at radius 2 is 2.11 bits per heavy atom. The van der Waals surface area contributed by atoms with Crippen molar-refractivity contribution >= 4 is 11.7 Å². The highest BCUT2D eigenvalue weighted by Crippen LogP contribution is 2.21. The molecule has 0 aromatic carbocycles. The van der Waals surface area contributed by atoms with Gasteiger partial charge in [-0.05, 0) is 12.1 Å². The number of alkyl halides is 4. The smallest absolute Gasteiger partial charge is 0.324 e. The molecule has 1 rings (SSSR count). The molecule has 0 saturated carbocycles. The van der Waals surface area contributed by atoms with E-state index >= 15 is 0 Å². The molecule has 1 heterocycles. The van der Waals surface area contributed by atoms with Crippen LogP contribution in [0.15, 0.2) is 18.2 Å². The van der Waals surface area contributed by atoms with Gasteiger partial charge < -0.3 is 10.7 Å². The molecular weight excluding hydrogens is 256 g/mol. The Bertz CT molecular complexity index is 427. The molecule has 0 saturated heterocycles. The molecule has 1 aromatic rings. The first-order valence-corrected chi connectivity index (χ1v) is 4.74. The molecule has 0 aliphatic heterocycles. The van der Waals surface area contributed by atoms with Gasteiger partial charge in [-0.3, -0.25) is 4.79 Å². The molecular formula is C9H10F4N4O. The number of hydrogen-bond acceptors (Lipinski definition) is 4. The number of pyridine rings is 1. The lowest BCUT2D eigenvalue weighted by Crippen LogP contribution is -2.41. The third-order valence-corrected chi connectivity index (χ3v) is 1.93. The average molecular weight is 266 g/mol. The van der Waals surface area contributed by atoms with Crippen LogP contribution in [-0.4, -0.2) is 29.8 Å². The predicted octanol–water partition coefficient (Wildman–Crippen LogP) is 0.997. The molecule has 0 bridgehead atoms. The van der Waals surface area contributed by atoms with Crippen LogP contribution in [0.1, 0.15) is 10.5 Å². The number of carbonyl (C=O) groups is 1. The minimum Gasteiger partial charge on any atom is -0.344 e. The highest BCUT2D eigenvalue weighted by Gasteiger charge is 2.40. The van der Waals surface area contributed by atoms with Crippen LogP contribution in [0.4, 0.5) is 23.4 Å². The highest BCUT2D eigenvalue weighted by atomic mass is 19.3. The maximum Gasteiger partial charge on any atom is 0.324 e. The van der Waals surface area contributed by atoms with Crippen LogP contribution < -0.4 is 16.6 Å². The van der Waals surface area contributed by atoms with E-state index in [0.717, 1.165) is 0 Å². The van der Waals surface area contributed by atoms with Crippen molar-refractivity contribution in [2.24, 2.45) is 5.84 Å². The van der Waals surface area contributed by atoms with Gasteiger partial charge in [0, 0.05) is 0 Å². The summed E-state index contributed by atoms with van der Waals surface area (Å²) < 4.78 is 48.8. The Morgan fingerprint density at radius 1 is 1.44 bits per heavy atom. The second kappa shape index (κ2) is 5.63. The van der Waals surface area contributed by atoms with E-state index < -0.39 is 24.8 Å². The summed E-state index contributed by atoms with van der Waals surface area (Å²) in [7, 11) is 0. The fourth-order valence-corrected chi connectivity index (χ4v) is 1.01. The Labute approximate surface area is 99.3 Å². The molecule has 4 N–H and O–H groups in total. The van der Waals surface area contributed by atoms with Crippen LogP contribution in [0.3, 0.4) is 0 Å². The number of halogens is 4. The van der Waals surface area contributed by atoms with Gasteiger partial charge in [0.1, 0.15) is 11.5 Å². The van der Waals surface area contributed by atoms with E-state index in [-0.39, 0.29) is 11.5 Å². The standard InChI is InChI=1S/C9H10F4N4O/c10-8(11)9(12,13)4-15-7(18)5-2-1-3-6(16-5)17-14/h1-3,8H,4,14H2,(H,15,18)(H,16,17). The highest BCUT2D eigenvalue weighted by molar-refractivity contribution is 5.92. The monoisotopic (exact) mass is 266 g/mol. The number of nitrogen functional groups attached to an aromatic ring is 1. The third-order valence-electron chi connectivity index (χ3n) is 1.93. The fraction of sp³-hybridized carbons (Fsp3) is 0.333. The number of rotatable bonds is 5. The van der Waals surface area contributed by atoms with Crippen LogP contribution in [0, 0.1) is 0 Å². The van der Waals surface area contributed by atoms with E-state index in [1.165, 1.54) is 18.2 Å². The minimum absolute atomic E-state index is 0.142. The van der Waals surface area contributed by atoms with Gasteiger partial charge in [0.2, 0.25) is 0 Å². The van der Waals surface area contributed by atoms with E-state index in [1.54, 1.807) is 5.32 Å². The van der Waals surface area contributed by atoms with Crippen LogP contribution in [-0.2, 0) is 0 Å². The quantitative estimate of drug-likeness (QED) is 0.422. The number of nitrogens with zero attached hydrogens (tertiary/aromatic N) is 1. The van der Waals surface area contributed by atoms with Crippen molar-refractivity contribution in [1.82, 2.24) is 10.3 Å². The Kier molecular flexibility index (Phi) is 4.43. The fourth-order valence-electron chi connectivity index (χ4n) is 1.01. The van der Waals surface area contributed by atoms with E-state index in [9.17, 15) is 22.4 Å². The molecule has 9 heteroatoms. The Morgan fingerprint density at radius 3 is 2.67 bits per heavy atom. The SMILES string of the molecule is NNc1cccc(C(=O)NCC(F)(F)C(F)F)n1. The predicted molar refractivity (Wildman–Crippen MR) is 55.3 cm³/mol. The van der Waals surface area contributed by atoms with Gasteiger partial charge in [-0.1, -0.05) is 6.07 Å². The van der Waals surface area contributed by atoms with E-state index in [2.05, 4.69) is 10.4 Å². The molecule has 18 heavy (non-hydrogen) atoms. The summed E-state index contributed by atoms with van der Waals surface area (Å²) in [5.41, 5.74) is 1.94. The van der Waals surface area contributed by atoms with Gasteiger partial charge in [0.05, 0.1) is 6.54 Å². The van der Waals surface area contributed by atoms with Crippen LogP contribution in [0.25, 0.3) is 0 Å². The van der Waals surface area contributed by atoms with Gasteiger partial charge in [-0.25, -0.2) is 19.6 Å². The Hall–Kier alpha value is -1.90. The number of anilines is 1. The molecule has 0 unspecified atom stereocenters. The van der Waals surface area contributed by atoms with Crippen LogP contribution >= 0.6 is 0 Å². The summed E-state index contributed by atoms with van der Waals surface area (Å²) in [5.74, 6) is -0.0912. The molecule has 100 valence electrons. The van der Waals surface area contributed by atoms with Crippen molar-refractivity contribution in [2.45, 2.75) is 12.3 Å². The number of nitrogens with one attached hydrogen (secondary N) is 2. The molecule has 0 aliphatic carbocycles. The maximum atomic E-state index is 12.6. The molecule has 5 nitrogen and oxygen atoms in total. The topological polar surface area (TPSA) is 80.0 Å². The lowest BCUT2D eigenvalue weighted by molar-refractivity contribution is -0.123. The van der Waals surface area contributed by atoms with Crippen molar-refractivity contribution in [3.63, 3.8) is 0 Å². The number of hydrazine groups is 1. The van der Waals surface area contributed by atoms with E-state index in [0.29, 0.717) is 0 Å². The molecule has 0 spiro atoms. The zero-order chi connectivity index (χ0) is 13.8. The summed E-state index contributed by atoms with van der Waals surface area (Å²) in [5, 5.41) is 1.67. The summed E-state index contributed by atoms with van der Waals surface area (Å²) in [6, 6.07) is 4.07. The number of nitrogens with two attached hydrogens (primary N) is 1. The number of hydrogen-bond donors (Lipinski definition) is 3. The van der Waals surface area contributed by atoms with Gasteiger partial charge >= 0.3 is 12.3 Å². The molecule has 1 aromatic heterocycles. The molecule has 0 aliphatic rings. The second-order valence-corrected chi connectivity index (χ2v) is 3.30. The number of aromatic nitrogens is 1. The van der Waals surface area contributed by atoms with E-state index in [4.69, 9.17) is 5.84 Å². The summed E-state index contributed by atoms with van der Waals surface area (Å²) in [6.45, 7) is -1.47. The summed E-state index contributed by atoms with van der Waals surface area (Å²) in [6.07, 6.45) is -3.84. The second-order valence-electron chi connectivity index (χ2n) is 3.30. The van der Waals surface area contributed by atoms with Crippen molar-refractivity contribution in [3.05, 3.63) is 23.9 Å². The van der Waals surface area contributed by atoms with Crippen LogP contribution in [0.2, 0.25) is 0 Å².